The summed E-state index contributed by atoms with van der Waals surface area (Å²) in [5.41, 5.74) is 2.55. The molecular weight excluding hydrogens is 320 g/mol. The molecule has 3 heterocycles. The number of benzene rings is 1. The minimum absolute atomic E-state index is 0.0594. The fraction of sp³-hybridized carbons (Fsp3) is 0.368. The summed E-state index contributed by atoms with van der Waals surface area (Å²) in [5.74, 6) is -0.101. The first-order chi connectivity index (χ1) is 11.6. The van der Waals surface area contributed by atoms with Crippen molar-refractivity contribution in [1.82, 2.24) is 9.80 Å². The van der Waals surface area contributed by atoms with Crippen LogP contribution in [0.15, 0.2) is 41.8 Å². The van der Waals surface area contributed by atoms with Crippen LogP contribution in [-0.4, -0.2) is 35.2 Å². The molecule has 2 amide bonds. The molecule has 0 bridgehead atoms. The number of likely N-dealkylation sites (tertiary alicyclic amines) is 1. The minimum Gasteiger partial charge on any atom is -0.338 e. The average Bonchev–Trinajstić information content (AvgIpc) is 3.22. The zero-order valence-electron chi connectivity index (χ0n) is 13.6. The molecule has 24 heavy (non-hydrogen) atoms. The van der Waals surface area contributed by atoms with Crippen molar-refractivity contribution in [1.29, 1.82) is 0 Å². The van der Waals surface area contributed by atoms with Crippen molar-refractivity contribution < 1.29 is 9.59 Å². The van der Waals surface area contributed by atoms with Gasteiger partial charge in [-0.15, -0.1) is 11.3 Å². The summed E-state index contributed by atoms with van der Waals surface area (Å²) in [4.78, 5) is 30.2. The van der Waals surface area contributed by atoms with Crippen molar-refractivity contribution in [3.63, 3.8) is 0 Å². The summed E-state index contributed by atoms with van der Waals surface area (Å²) in [6.45, 7) is 1.39. The maximum atomic E-state index is 13.2. The first kappa shape index (κ1) is 15.4. The number of hydrogen-bond acceptors (Lipinski definition) is 3. The quantitative estimate of drug-likeness (QED) is 0.843. The highest BCUT2D eigenvalue weighted by Gasteiger charge is 2.44. The monoisotopic (exact) mass is 340 g/mol. The molecule has 0 N–H and O–H groups in total. The Bertz CT molecular complexity index is 771. The van der Waals surface area contributed by atoms with Gasteiger partial charge in [-0.05, 0) is 29.0 Å². The number of amides is 2. The first-order valence-corrected chi connectivity index (χ1v) is 9.18. The van der Waals surface area contributed by atoms with Crippen LogP contribution < -0.4 is 0 Å². The highest BCUT2D eigenvalue weighted by Crippen LogP contribution is 2.40. The molecule has 4 nitrogen and oxygen atoms in total. The van der Waals surface area contributed by atoms with Crippen molar-refractivity contribution in [3.8, 4) is 0 Å². The van der Waals surface area contributed by atoms with Crippen molar-refractivity contribution in [2.24, 2.45) is 5.92 Å². The summed E-state index contributed by atoms with van der Waals surface area (Å²) in [6.07, 6.45) is 1.21. The molecule has 0 spiro atoms. The predicted molar refractivity (Wildman–Crippen MR) is 93.5 cm³/mol. The molecule has 2 aliphatic rings. The largest absolute Gasteiger partial charge is 0.338 e. The van der Waals surface area contributed by atoms with Crippen LogP contribution in [0.5, 0.6) is 0 Å². The van der Waals surface area contributed by atoms with Crippen LogP contribution in [0, 0.1) is 5.92 Å². The number of fused-ring (bicyclic) bond motifs is 1. The van der Waals surface area contributed by atoms with Gasteiger partial charge in [0.15, 0.2) is 0 Å². The SMILES string of the molecule is CN1C(=O)C[C@H](C(=O)N2CCc3ccccc3C2)[C@H]1c1cccs1. The smallest absolute Gasteiger partial charge is 0.228 e. The van der Waals surface area contributed by atoms with Crippen LogP contribution >= 0.6 is 11.3 Å². The van der Waals surface area contributed by atoms with E-state index in [-0.39, 0.29) is 23.8 Å². The lowest BCUT2D eigenvalue weighted by molar-refractivity contribution is -0.137. The van der Waals surface area contributed by atoms with E-state index in [2.05, 4.69) is 12.1 Å². The van der Waals surface area contributed by atoms with E-state index in [4.69, 9.17) is 0 Å². The Morgan fingerprint density at radius 3 is 2.71 bits per heavy atom. The van der Waals surface area contributed by atoms with Crippen molar-refractivity contribution in [2.45, 2.75) is 25.4 Å². The van der Waals surface area contributed by atoms with Crippen molar-refractivity contribution in [2.75, 3.05) is 13.6 Å². The van der Waals surface area contributed by atoms with E-state index in [1.54, 1.807) is 16.2 Å². The summed E-state index contributed by atoms with van der Waals surface area (Å²) < 4.78 is 0. The van der Waals surface area contributed by atoms with Gasteiger partial charge in [-0.3, -0.25) is 9.59 Å². The Hall–Kier alpha value is -2.14. The van der Waals surface area contributed by atoms with Gasteiger partial charge in [-0.2, -0.15) is 0 Å². The maximum Gasteiger partial charge on any atom is 0.228 e. The van der Waals surface area contributed by atoms with E-state index in [0.717, 1.165) is 17.8 Å². The lowest BCUT2D eigenvalue weighted by Crippen LogP contribution is -2.41. The number of rotatable bonds is 2. The third-order valence-electron chi connectivity index (χ3n) is 5.18. The summed E-state index contributed by atoms with van der Waals surface area (Å²) in [5, 5.41) is 2.00. The maximum absolute atomic E-state index is 13.2. The molecule has 2 aliphatic heterocycles. The van der Waals surface area contributed by atoms with Gasteiger partial charge in [0.1, 0.15) is 0 Å². The van der Waals surface area contributed by atoms with E-state index < -0.39 is 0 Å². The molecule has 0 saturated carbocycles. The summed E-state index contributed by atoms with van der Waals surface area (Å²) >= 11 is 1.62. The van der Waals surface area contributed by atoms with E-state index in [9.17, 15) is 9.59 Å². The standard InChI is InChI=1S/C19H20N2O2S/c1-20-17(22)11-15(18(20)16-7-4-10-24-16)19(23)21-9-8-13-5-2-3-6-14(13)12-21/h2-7,10,15,18H,8-9,11-12H2,1H3/t15-,18-/m0/s1. The molecule has 5 heteroatoms. The highest BCUT2D eigenvalue weighted by atomic mass is 32.1. The Kier molecular flexibility index (Phi) is 3.88. The lowest BCUT2D eigenvalue weighted by atomic mass is 9.94. The molecule has 1 saturated heterocycles. The first-order valence-electron chi connectivity index (χ1n) is 8.30. The van der Waals surface area contributed by atoms with Gasteiger partial charge in [-0.1, -0.05) is 30.3 Å². The molecule has 1 aromatic heterocycles. The van der Waals surface area contributed by atoms with E-state index in [0.29, 0.717) is 13.0 Å². The van der Waals surface area contributed by atoms with Crippen LogP contribution in [0.4, 0.5) is 0 Å². The normalized spacial score (nSPS) is 23.5. The fourth-order valence-electron chi connectivity index (χ4n) is 3.86. The zero-order chi connectivity index (χ0) is 16.7. The van der Waals surface area contributed by atoms with Crippen LogP contribution in [0.2, 0.25) is 0 Å². The van der Waals surface area contributed by atoms with Crippen LogP contribution in [0.1, 0.15) is 28.5 Å². The molecular formula is C19H20N2O2S. The van der Waals surface area contributed by atoms with Gasteiger partial charge in [0.2, 0.25) is 11.8 Å². The Labute approximate surface area is 145 Å². The predicted octanol–water partition coefficient (Wildman–Crippen LogP) is 2.85. The van der Waals surface area contributed by atoms with Crippen LogP contribution in [-0.2, 0) is 22.6 Å². The third kappa shape index (κ3) is 2.53. The molecule has 124 valence electrons. The molecule has 1 aromatic carbocycles. The van der Waals surface area contributed by atoms with Gasteiger partial charge in [-0.25, -0.2) is 0 Å². The second-order valence-electron chi connectivity index (χ2n) is 6.55. The van der Waals surface area contributed by atoms with Gasteiger partial charge in [0, 0.05) is 31.4 Å². The Balaban J connectivity index is 1.59. The van der Waals surface area contributed by atoms with Gasteiger partial charge >= 0.3 is 0 Å². The van der Waals surface area contributed by atoms with Crippen molar-refractivity contribution >= 4 is 23.2 Å². The average molecular weight is 340 g/mol. The van der Waals surface area contributed by atoms with Gasteiger partial charge in [0.25, 0.3) is 0 Å². The molecule has 0 unspecified atom stereocenters. The second-order valence-corrected chi connectivity index (χ2v) is 7.53. The van der Waals surface area contributed by atoms with Gasteiger partial charge in [0.05, 0.1) is 12.0 Å². The Morgan fingerprint density at radius 2 is 1.96 bits per heavy atom. The second kappa shape index (κ2) is 6.06. The number of carbonyl (C=O) groups excluding carboxylic acids is 2. The third-order valence-corrected chi connectivity index (χ3v) is 6.12. The minimum atomic E-state index is -0.272. The summed E-state index contributed by atoms with van der Waals surface area (Å²) in [7, 11) is 1.81. The molecule has 2 atom stereocenters. The highest BCUT2D eigenvalue weighted by molar-refractivity contribution is 7.10. The number of hydrogen-bond donors (Lipinski definition) is 0. The number of carbonyl (C=O) groups is 2. The van der Waals surface area contributed by atoms with Crippen molar-refractivity contribution in [3.05, 3.63) is 57.8 Å². The zero-order valence-corrected chi connectivity index (χ0v) is 14.5. The molecule has 0 aliphatic carbocycles. The van der Waals surface area contributed by atoms with E-state index in [1.165, 1.54) is 11.1 Å². The topological polar surface area (TPSA) is 40.6 Å². The number of thiophene rings is 1. The number of nitrogens with zero attached hydrogens (tertiary/aromatic N) is 2. The van der Waals surface area contributed by atoms with E-state index in [1.807, 2.05) is 41.6 Å². The van der Waals surface area contributed by atoms with Gasteiger partial charge < -0.3 is 9.80 Å². The summed E-state index contributed by atoms with van der Waals surface area (Å²) in [6, 6.07) is 12.2. The molecule has 4 rings (SSSR count). The van der Waals surface area contributed by atoms with E-state index >= 15 is 0 Å². The van der Waals surface area contributed by atoms with Crippen LogP contribution in [0.25, 0.3) is 0 Å². The lowest BCUT2D eigenvalue weighted by Gasteiger charge is -2.32. The fourth-order valence-corrected chi connectivity index (χ4v) is 4.79. The van der Waals surface area contributed by atoms with Crippen LogP contribution in [0.3, 0.4) is 0 Å². The molecule has 1 fully saturated rings. The molecule has 2 aromatic rings. The Morgan fingerprint density at radius 1 is 1.17 bits per heavy atom. The molecule has 0 radical (unpaired) electrons.